The molecule has 5 nitrogen and oxygen atoms in total. The van der Waals surface area contributed by atoms with Crippen LogP contribution in [0.25, 0.3) is 17.2 Å². The highest BCUT2D eigenvalue weighted by molar-refractivity contribution is 5.73. The van der Waals surface area contributed by atoms with Gasteiger partial charge in [-0.1, -0.05) is 36.4 Å². The number of rotatable bonds is 6. The van der Waals surface area contributed by atoms with E-state index in [1.54, 1.807) is 0 Å². The molecule has 0 bridgehead atoms. The predicted molar refractivity (Wildman–Crippen MR) is 129 cm³/mol. The lowest BCUT2D eigenvalue weighted by molar-refractivity contribution is 0.117. The van der Waals surface area contributed by atoms with Crippen molar-refractivity contribution in [3.8, 4) is 0 Å². The van der Waals surface area contributed by atoms with Crippen molar-refractivity contribution in [2.24, 2.45) is 0 Å². The first-order valence-electron chi connectivity index (χ1n) is 11.4. The van der Waals surface area contributed by atoms with Gasteiger partial charge in [0, 0.05) is 44.5 Å². The molecule has 4 rings (SSSR count). The van der Waals surface area contributed by atoms with E-state index in [0.717, 1.165) is 48.9 Å². The van der Waals surface area contributed by atoms with Gasteiger partial charge in [0.05, 0.1) is 6.54 Å². The lowest BCUT2D eigenvalue weighted by atomic mass is 10.1. The van der Waals surface area contributed by atoms with Gasteiger partial charge in [-0.25, -0.2) is 9.97 Å². The van der Waals surface area contributed by atoms with Gasteiger partial charge in [0.25, 0.3) is 0 Å². The maximum absolute atomic E-state index is 4.79. The highest BCUT2D eigenvalue weighted by Crippen LogP contribution is 2.19. The second-order valence-corrected chi connectivity index (χ2v) is 9.05. The number of pyridine rings is 1. The van der Waals surface area contributed by atoms with E-state index < -0.39 is 0 Å². The standard InChI is InChI=1S/C26H35N5/c1-19(2)30-15-13-29(14-16-30)12-6-7-23-8-10-24(11-9-23)18-31-22(5)28-25-17-20(3)21(4)27-26(25)31/h6-11,17,19H,12-16,18H2,1-5H3. The Morgan fingerprint density at radius 1 is 0.968 bits per heavy atom. The van der Waals surface area contributed by atoms with E-state index in [9.17, 15) is 0 Å². The third-order valence-electron chi connectivity index (χ3n) is 6.49. The molecule has 3 aromatic rings. The fourth-order valence-electron chi connectivity index (χ4n) is 4.25. The Labute approximate surface area is 186 Å². The summed E-state index contributed by atoms with van der Waals surface area (Å²) in [4.78, 5) is 14.6. The number of aromatic nitrogens is 3. The number of hydrogen-bond acceptors (Lipinski definition) is 4. The fourth-order valence-corrected chi connectivity index (χ4v) is 4.25. The summed E-state index contributed by atoms with van der Waals surface area (Å²) in [6.07, 6.45) is 4.53. The molecule has 0 amide bonds. The Kier molecular flexibility index (Phi) is 6.54. The third kappa shape index (κ3) is 5.05. The van der Waals surface area contributed by atoms with Crippen molar-refractivity contribution in [2.45, 2.75) is 47.2 Å². The van der Waals surface area contributed by atoms with E-state index in [2.05, 4.69) is 91.5 Å². The summed E-state index contributed by atoms with van der Waals surface area (Å²) >= 11 is 0. The smallest absolute Gasteiger partial charge is 0.160 e. The molecule has 1 aliphatic heterocycles. The maximum atomic E-state index is 4.79. The first-order valence-corrected chi connectivity index (χ1v) is 11.4. The maximum Gasteiger partial charge on any atom is 0.160 e. The van der Waals surface area contributed by atoms with Crippen LogP contribution in [-0.2, 0) is 6.54 Å². The highest BCUT2D eigenvalue weighted by Gasteiger charge is 2.17. The van der Waals surface area contributed by atoms with Crippen LogP contribution in [0.5, 0.6) is 0 Å². The van der Waals surface area contributed by atoms with Crippen LogP contribution in [0.2, 0.25) is 0 Å². The van der Waals surface area contributed by atoms with Crippen LogP contribution in [0.4, 0.5) is 0 Å². The minimum atomic E-state index is 0.657. The topological polar surface area (TPSA) is 37.2 Å². The van der Waals surface area contributed by atoms with Gasteiger partial charge in [0.2, 0.25) is 0 Å². The highest BCUT2D eigenvalue weighted by atomic mass is 15.3. The Morgan fingerprint density at radius 2 is 1.68 bits per heavy atom. The molecule has 1 aliphatic rings. The van der Waals surface area contributed by atoms with Crippen molar-refractivity contribution in [2.75, 3.05) is 32.7 Å². The van der Waals surface area contributed by atoms with E-state index in [4.69, 9.17) is 9.97 Å². The van der Waals surface area contributed by atoms with Crippen molar-refractivity contribution in [1.29, 1.82) is 0 Å². The normalized spacial score (nSPS) is 16.2. The molecule has 0 radical (unpaired) electrons. The molecule has 31 heavy (non-hydrogen) atoms. The monoisotopic (exact) mass is 417 g/mol. The lowest BCUT2D eigenvalue weighted by Gasteiger charge is -2.36. The number of piperazine rings is 1. The van der Waals surface area contributed by atoms with Crippen molar-refractivity contribution < 1.29 is 0 Å². The van der Waals surface area contributed by atoms with Gasteiger partial charge in [-0.3, -0.25) is 9.80 Å². The molecule has 1 saturated heterocycles. The minimum absolute atomic E-state index is 0.657. The van der Waals surface area contributed by atoms with Crippen LogP contribution in [0.15, 0.2) is 36.4 Å². The third-order valence-corrected chi connectivity index (χ3v) is 6.49. The van der Waals surface area contributed by atoms with Crippen molar-refractivity contribution >= 4 is 17.2 Å². The summed E-state index contributed by atoms with van der Waals surface area (Å²) in [6.45, 7) is 17.3. The molecule has 1 fully saturated rings. The largest absolute Gasteiger partial charge is 0.308 e. The molecule has 1 aromatic carbocycles. The van der Waals surface area contributed by atoms with Crippen LogP contribution in [-0.4, -0.2) is 63.1 Å². The lowest BCUT2D eigenvalue weighted by Crippen LogP contribution is -2.48. The zero-order valence-electron chi connectivity index (χ0n) is 19.6. The number of aryl methyl sites for hydroxylation is 3. The summed E-state index contributed by atoms with van der Waals surface area (Å²) in [5, 5.41) is 0. The van der Waals surface area contributed by atoms with Gasteiger partial charge < -0.3 is 4.57 Å². The minimum Gasteiger partial charge on any atom is -0.308 e. The van der Waals surface area contributed by atoms with E-state index in [1.165, 1.54) is 29.8 Å². The average molecular weight is 418 g/mol. The second kappa shape index (κ2) is 9.33. The van der Waals surface area contributed by atoms with Crippen LogP contribution in [0.3, 0.4) is 0 Å². The summed E-state index contributed by atoms with van der Waals surface area (Å²) in [6, 6.07) is 11.6. The molecule has 0 atom stereocenters. The number of nitrogens with zero attached hydrogens (tertiary/aromatic N) is 5. The first-order chi connectivity index (χ1) is 14.9. The van der Waals surface area contributed by atoms with Crippen LogP contribution < -0.4 is 0 Å². The molecule has 164 valence electrons. The SMILES string of the molecule is Cc1cc2nc(C)n(Cc3ccc(C=CCN4CCN(C(C)C)CC4)cc3)c2nc1C. The molecule has 5 heteroatoms. The summed E-state index contributed by atoms with van der Waals surface area (Å²) in [7, 11) is 0. The molecule has 0 spiro atoms. The van der Waals surface area contributed by atoms with Crippen LogP contribution in [0.1, 0.15) is 42.1 Å². The van der Waals surface area contributed by atoms with Gasteiger partial charge in [-0.05, 0) is 57.4 Å². The summed E-state index contributed by atoms with van der Waals surface area (Å²) in [5.74, 6) is 1.01. The van der Waals surface area contributed by atoms with Gasteiger partial charge in [-0.15, -0.1) is 0 Å². The molecule has 2 aromatic heterocycles. The summed E-state index contributed by atoms with van der Waals surface area (Å²) in [5.41, 5.74) is 6.73. The quantitative estimate of drug-likeness (QED) is 0.594. The van der Waals surface area contributed by atoms with Crippen molar-refractivity contribution in [3.05, 3.63) is 64.6 Å². The number of hydrogen-bond donors (Lipinski definition) is 0. The van der Waals surface area contributed by atoms with Crippen molar-refractivity contribution in [3.63, 3.8) is 0 Å². The molecular weight excluding hydrogens is 382 g/mol. The Morgan fingerprint density at radius 3 is 2.35 bits per heavy atom. The zero-order chi connectivity index (χ0) is 22.0. The van der Waals surface area contributed by atoms with Gasteiger partial charge in [0.15, 0.2) is 5.65 Å². The van der Waals surface area contributed by atoms with Gasteiger partial charge in [0.1, 0.15) is 11.3 Å². The molecule has 0 unspecified atom stereocenters. The molecule has 0 saturated carbocycles. The average Bonchev–Trinajstić information content (AvgIpc) is 3.04. The molecule has 3 heterocycles. The fraction of sp³-hybridized carbons (Fsp3) is 0.462. The second-order valence-electron chi connectivity index (χ2n) is 9.05. The first kappa shape index (κ1) is 21.7. The van der Waals surface area contributed by atoms with Crippen LogP contribution in [0, 0.1) is 20.8 Å². The molecular formula is C26H35N5. The number of imidazole rings is 1. The summed E-state index contributed by atoms with van der Waals surface area (Å²) < 4.78 is 2.21. The number of benzene rings is 1. The zero-order valence-corrected chi connectivity index (χ0v) is 19.6. The van der Waals surface area contributed by atoms with E-state index in [1.807, 2.05) is 0 Å². The van der Waals surface area contributed by atoms with Gasteiger partial charge in [-0.2, -0.15) is 0 Å². The van der Waals surface area contributed by atoms with Gasteiger partial charge >= 0.3 is 0 Å². The van der Waals surface area contributed by atoms with E-state index in [0.29, 0.717) is 6.04 Å². The number of fused-ring (bicyclic) bond motifs is 1. The molecule has 0 aliphatic carbocycles. The molecule has 0 N–H and O–H groups in total. The predicted octanol–water partition coefficient (Wildman–Crippen LogP) is 4.44. The van der Waals surface area contributed by atoms with Crippen molar-refractivity contribution in [1.82, 2.24) is 24.3 Å². The Balaban J connectivity index is 1.37. The van der Waals surface area contributed by atoms with E-state index >= 15 is 0 Å². The van der Waals surface area contributed by atoms with Crippen LogP contribution >= 0.6 is 0 Å². The van der Waals surface area contributed by atoms with E-state index in [-0.39, 0.29) is 0 Å². The Hall–Kier alpha value is -2.50. The Bertz CT molecular complexity index is 1050.